The summed E-state index contributed by atoms with van der Waals surface area (Å²) in [6.07, 6.45) is 0. The number of rotatable bonds is 8. The number of carbonyl (C=O) groups is 1. The first-order chi connectivity index (χ1) is 16.0. The first-order valence-electron chi connectivity index (χ1n) is 10.6. The highest BCUT2D eigenvalue weighted by molar-refractivity contribution is 7.99. The molecule has 0 spiro atoms. The molecule has 2 heterocycles. The molecule has 0 fully saturated rings. The summed E-state index contributed by atoms with van der Waals surface area (Å²) in [6.45, 7) is 6.27. The van der Waals surface area contributed by atoms with Gasteiger partial charge in [-0.3, -0.25) is 9.36 Å². The number of aryl methyl sites for hydroxylation is 1. The van der Waals surface area contributed by atoms with Gasteiger partial charge in [-0.1, -0.05) is 62.0 Å². The van der Waals surface area contributed by atoms with Crippen LogP contribution < -0.4 is 10.1 Å². The average molecular weight is 479 g/mol. The summed E-state index contributed by atoms with van der Waals surface area (Å²) in [5.74, 6) is 1.88. The van der Waals surface area contributed by atoms with E-state index in [2.05, 4.69) is 35.4 Å². The zero-order valence-electron chi connectivity index (χ0n) is 19.0. The largest absolute Gasteiger partial charge is 0.495 e. The predicted octanol–water partition coefficient (Wildman–Crippen LogP) is 6.17. The van der Waals surface area contributed by atoms with Gasteiger partial charge in [-0.25, -0.2) is 0 Å². The lowest BCUT2D eigenvalue weighted by atomic mass is 9.98. The molecule has 4 rings (SSSR count). The third kappa shape index (κ3) is 4.96. The summed E-state index contributed by atoms with van der Waals surface area (Å²) in [5, 5.41) is 14.6. The molecule has 0 unspecified atom stereocenters. The highest BCUT2D eigenvalue weighted by Crippen LogP contribution is 2.34. The second kappa shape index (κ2) is 10.2. The molecule has 170 valence electrons. The Kier molecular flexibility index (Phi) is 7.15. The van der Waals surface area contributed by atoms with Crippen molar-refractivity contribution in [3.05, 3.63) is 71.1 Å². The van der Waals surface area contributed by atoms with Crippen LogP contribution in [0.3, 0.4) is 0 Å². The van der Waals surface area contributed by atoms with E-state index in [0.29, 0.717) is 16.8 Å². The number of anilines is 1. The van der Waals surface area contributed by atoms with Gasteiger partial charge >= 0.3 is 0 Å². The quantitative estimate of drug-likeness (QED) is 0.307. The van der Waals surface area contributed by atoms with E-state index in [4.69, 9.17) is 4.74 Å². The summed E-state index contributed by atoms with van der Waals surface area (Å²) in [6, 6.07) is 17.8. The number of nitrogens with zero attached hydrogens (tertiary/aromatic N) is 3. The summed E-state index contributed by atoms with van der Waals surface area (Å²) in [7, 11) is 1.64. The van der Waals surface area contributed by atoms with Crippen molar-refractivity contribution in [1.82, 2.24) is 14.8 Å². The maximum absolute atomic E-state index is 12.9. The van der Waals surface area contributed by atoms with Gasteiger partial charge in [0.15, 0.2) is 11.0 Å². The smallest absolute Gasteiger partial charge is 0.234 e. The van der Waals surface area contributed by atoms with Crippen LogP contribution in [0.4, 0.5) is 5.69 Å². The molecule has 0 aliphatic carbocycles. The number of ether oxygens (including phenoxy) is 1. The molecule has 33 heavy (non-hydrogen) atoms. The number of para-hydroxylation sites is 3. The summed E-state index contributed by atoms with van der Waals surface area (Å²) in [4.78, 5) is 13.9. The van der Waals surface area contributed by atoms with E-state index in [1.807, 2.05) is 65.4 Å². The fourth-order valence-electron chi connectivity index (χ4n) is 3.61. The third-order valence-corrected chi connectivity index (χ3v) is 7.02. The Hall–Kier alpha value is -3.10. The second-order valence-corrected chi connectivity index (χ2v) is 9.71. The predicted molar refractivity (Wildman–Crippen MR) is 136 cm³/mol. The lowest BCUT2D eigenvalue weighted by molar-refractivity contribution is -0.113. The molecular weight excluding hydrogens is 452 g/mol. The van der Waals surface area contributed by atoms with Gasteiger partial charge < -0.3 is 10.1 Å². The number of benzene rings is 2. The van der Waals surface area contributed by atoms with Crippen LogP contribution in [0.15, 0.2) is 65.1 Å². The van der Waals surface area contributed by atoms with Crippen molar-refractivity contribution in [2.45, 2.75) is 31.8 Å². The lowest BCUT2D eigenvalue weighted by Gasteiger charge is -2.16. The molecule has 8 heteroatoms. The Balaban J connectivity index is 1.62. The van der Waals surface area contributed by atoms with Gasteiger partial charge in [0.05, 0.1) is 23.4 Å². The Morgan fingerprint density at radius 2 is 1.94 bits per heavy atom. The van der Waals surface area contributed by atoms with Gasteiger partial charge in [0.1, 0.15) is 5.75 Å². The number of aromatic nitrogens is 3. The summed E-state index contributed by atoms with van der Waals surface area (Å²) in [5.41, 5.74) is 3.91. The summed E-state index contributed by atoms with van der Waals surface area (Å²) < 4.78 is 7.54. The van der Waals surface area contributed by atoms with Crippen LogP contribution in [0.1, 0.15) is 30.9 Å². The monoisotopic (exact) mass is 478 g/mol. The zero-order chi connectivity index (χ0) is 23.4. The molecule has 0 bridgehead atoms. The fourth-order valence-corrected chi connectivity index (χ4v) is 5.05. The number of carbonyl (C=O) groups excluding carboxylic acids is 1. The number of nitrogens with one attached hydrogen (secondary N) is 1. The van der Waals surface area contributed by atoms with Gasteiger partial charge in [-0.2, -0.15) is 0 Å². The minimum absolute atomic E-state index is 0.0801. The molecule has 1 N–H and O–H groups in total. The van der Waals surface area contributed by atoms with Crippen LogP contribution in [-0.4, -0.2) is 33.5 Å². The molecule has 2 aromatic heterocycles. The highest BCUT2D eigenvalue weighted by Gasteiger charge is 2.21. The van der Waals surface area contributed by atoms with Gasteiger partial charge in [-0.05, 0) is 47.5 Å². The Morgan fingerprint density at radius 1 is 1.12 bits per heavy atom. The molecular formula is C25H26N4O2S2. The van der Waals surface area contributed by atoms with E-state index in [9.17, 15) is 4.79 Å². The Morgan fingerprint density at radius 3 is 2.67 bits per heavy atom. The number of thioether (sulfide) groups is 1. The molecule has 0 atom stereocenters. The third-order valence-electron chi connectivity index (χ3n) is 5.22. The van der Waals surface area contributed by atoms with E-state index >= 15 is 0 Å². The first-order valence-corrected chi connectivity index (χ1v) is 12.5. The Bertz CT molecular complexity index is 1250. The second-order valence-electron chi connectivity index (χ2n) is 7.82. The molecule has 0 radical (unpaired) electrons. The van der Waals surface area contributed by atoms with E-state index in [1.165, 1.54) is 11.8 Å². The minimum atomic E-state index is -0.0801. The van der Waals surface area contributed by atoms with Gasteiger partial charge in [-0.15, -0.1) is 21.5 Å². The number of hydrogen-bond acceptors (Lipinski definition) is 6. The number of thiophene rings is 1. The molecule has 4 aromatic rings. The van der Waals surface area contributed by atoms with Crippen molar-refractivity contribution < 1.29 is 9.53 Å². The van der Waals surface area contributed by atoms with Crippen LogP contribution in [-0.2, 0) is 4.79 Å². The van der Waals surface area contributed by atoms with E-state index in [-0.39, 0.29) is 11.7 Å². The molecule has 2 aromatic carbocycles. The zero-order valence-corrected chi connectivity index (χ0v) is 20.7. The standard InChI is InChI=1S/C25H26N4O2S2/c1-16(2)18-10-7-9-17(3)23(18)26-22(30)15-33-25-28-27-24(21-13-8-14-32-21)29(25)19-11-5-6-12-20(19)31-4/h5-14,16H,15H2,1-4H3,(H,26,30). The highest BCUT2D eigenvalue weighted by atomic mass is 32.2. The molecule has 1 amide bonds. The van der Waals surface area contributed by atoms with Crippen LogP contribution in [0.2, 0.25) is 0 Å². The maximum Gasteiger partial charge on any atom is 0.234 e. The molecule has 0 aliphatic rings. The van der Waals surface area contributed by atoms with Gasteiger partial charge in [0.2, 0.25) is 5.91 Å². The fraction of sp³-hybridized carbons (Fsp3) is 0.240. The maximum atomic E-state index is 12.9. The Labute approximate surface area is 202 Å². The topological polar surface area (TPSA) is 69.0 Å². The normalized spacial score (nSPS) is 11.1. The van der Waals surface area contributed by atoms with Crippen LogP contribution in [0, 0.1) is 6.92 Å². The van der Waals surface area contributed by atoms with E-state index in [0.717, 1.165) is 33.2 Å². The SMILES string of the molecule is COc1ccccc1-n1c(SCC(=O)Nc2c(C)cccc2C(C)C)nnc1-c1cccs1. The van der Waals surface area contributed by atoms with E-state index in [1.54, 1.807) is 18.4 Å². The van der Waals surface area contributed by atoms with Crippen LogP contribution in [0.25, 0.3) is 16.4 Å². The van der Waals surface area contributed by atoms with Gasteiger partial charge in [0.25, 0.3) is 0 Å². The van der Waals surface area contributed by atoms with E-state index < -0.39 is 0 Å². The van der Waals surface area contributed by atoms with Crippen molar-refractivity contribution in [1.29, 1.82) is 0 Å². The first kappa shape index (κ1) is 23.1. The van der Waals surface area contributed by atoms with Crippen LogP contribution >= 0.6 is 23.1 Å². The van der Waals surface area contributed by atoms with Gasteiger partial charge in [0, 0.05) is 5.69 Å². The number of methoxy groups -OCH3 is 1. The van der Waals surface area contributed by atoms with Crippen molar-refractivity contribution >= 4 is 34.7 Å². The number of amides is 1. The van der Waals surface area contributed by atoms with Crippen molar-refractivity contribution in [3.8, 4) is 22.1 Å². The number of hydrogen-bond donors (Lipinski definition) is 1. The average Bonchev–Trinajstić information content (AvgIpc) is 3.48. The van der Waals surface area contributed by atoms with Crippen molar-refractivity contribution in [2.75, 3.05) is 18.2 Å². The molecule has 0 saturated carbocycles. The summed E-state index contributed by atoms with van der Waals surface area (Å²) >= 11 is 2.94. The van der Waals surface area contributed by atoms with Crippen molar-refractivity contribution in [2.24, 2.45) is 0 Å². The molecule has 0 saturated heterocycles. The minimum Gasteiger partial charge on any atom is -0.495 e. The lowest BCUT2D eigenvalue weighted by Crippen LogP contribution is -2.17. The molecule has 6 nitrogen and oxygen atoms in total. The van der Waals surface area contributed by atoms with Crippen molar-refractivity contribution in [3.63, 3.8) is 0 Å². The van der Waals surface area contributed by atoms with Crippen LogP contribution in [0.5, 0.6) is 5.75 Å². The molecule has 0 aliphatic heterocycles.